The Balaban J connectivity index is 1.65. The third-order valence-corrected chi connectivity index (χ3v) is 7.59. The van der Waals surface area contributed by atoms with Gasteiger partial charge in [0.05, 0.1) is 6.04 Å². The Hall–Kier alpha value is -0.890. The normalized spacial score (nSPS) is 43.6. The molecule has 1 N–H and O–H groups in total. The Morgan fingerprint density at radius 2 is 2.05 bits per heavy atom. The molecule has 2 heterocycles. The Morgan fingerprint density at radius 1 is 1.24 bits per heavy atom. The van der Waals surface area contributed by atoms with E-state index in [1.807, 2.05) is 0 Å². The molecule has 2 aliphatic heterocycles. The highest BCUT2D eigenvalue weighted by Gasteiger charge is 2.55. The van der Waals surface area contributed by atoms with Gasteiger partial charge in [0, 0.05) is 21.6 Å². The molecule has 0 amide bonds. The molecule has 0 aromatic carbocycles. The SMILES string of the molecule is CC(C)(C)C1C=CC2=C(C1)C1SC3C=CC=CC3(C)C1N2. The van der Waals surface area contributed by atoms with Gasteiger partial charge in [0.1, 0.15) is 0 Å². The number of fused-ring (bicyclic) bond motifs is 4. The van der Waals surface area contributed by atoms with Crippen molar-refractivity contribution < 1.29 is 0 Å². The van der Waals surface area contributed by atoms with Crippen molar-refractivity contribution in [1.82, 2.24) is 5.32 Å². The highest BCUT2D eigenvalue weighted by molar-refractivity contribution is 8.01. The minimum Gasteiger partial charge on any atom is -0.380 e. The highest BCUT2D eigenvalue weighted by Crippen LogP contribution is 2.57. The van der Waals surface area contributed by atoms with Crippen LogP contribution in [0, 0.1) is 16.7 Å². The van der Waals surface area contributed by atoms with Crippen LogP contribution in [0.1, 0.15) is 34.1 Å². The molecule has 1 saturated heterocycles. The summed E-state index contributed by atoms with van der Waals surface area (Å²) in [4.78, 5) is 0. The van der Waals surface area contributed by atoms with Gasteiger partial charge in [-0.25, -0.2) is 0 Å². The fourth-order valence-electron chi connectivity index (χ4n) is 4.19. The summed E-state index contributed by atoms with van der Waals surface area (Å²) in [5.74, 6) is 0.666. The van der Waals surface area contributed by atoms with Gasteiger partial charge in [-0.3, -0.25) is 0 Å². The monoisotopic (exact) mass is 299 g/mol. The molecule has 0 radical (unpaired) electrons. The molecule has 1 nitrogen and oxygen atoms in total. The van der Waals surface area contributed by atoms with Gasteiger partial charge in [0.2, 0.25) is 0 Å². The van der Waals surface area contributed by atoms with Gasteiger partial charge in [-0.1, -0.05) is 58.1 Å². The average Bonchev–Trinajstić information content (AvgIpc) is 2.92. The van der Waals surface area contributed by atoms with Crippen LogP contribution in [0.4, 0.5) is 0 Å². The van der Waals surface area contributed by atoms with Gasteiger partial charge >= 0.3 is 0 Å². The number of allylic oxidation sites excluding steroid dienone is 4. The second kappa shape index (κ2) is 4.32. The van der Waals surface area contributed by atoms with E-state index in [0.29, 0.717) is 27.9 Å². The predicted octanol–water partition coefficient (Wildman–Crippen LogP) is 4.45. The van der Waals surface area contributed by atoms with E-state index < -0.39 is 0 Å². The van der Waals surface area contributed by atoms with Crippen LogP contribution in [0.15, 0.2) is 47.7 Å². The Morgan fingerprint density at radius 3 is 2.81 bits per heavy atom. The molecular weight excluding hydrogens is 274 g/mol. The van der Waals surface area contributed by atoms with Crippen LogP contribution < -0.4 is 5.32 Å². The van der Waals surface area contributed by atoms with Crippen molar-refractivity contribution in [3.8, 4) is 0 Å². The lowest BCUT2D eigenvalue weighted by atomic mass is 9.72. The fourth-order valence-corrected chi connectivity index (χ4v) is 6.11. The van der Waals surface area contributed by atoms with E-state index in [1.54, 1.807) is 5.57 Å². The van der Waals surface area contributed by atoms with Crippen LogP contribution in [0.2, 0.25) is 0 Å². The van der Waals surface area contributed by atoms with E-state index in [4.69, 9.17) is 0 Å². The van der Waals surface area contributed by atoms with Crippen LogP contribution in [0.25, 0.3) is 0 Å². The highest BCUT2D eigenvalue weighted by atomic mass is 32.2. The van der Waals surface area contributed by atoms with Crippen LogP contribution in [-0.2, 0) is 0 Å². The zero-order valence-electron chi connectivity index (χ0n) is 13.4. The molecule has 4 rings (SSSR count). The third kappa shape index (κ3) is 1.91. The molecule has 112 valence electrons. The largest absolute Gasteiger partial charge is 0.380 e. The van der Waals surface area contributed by atoms with Gasteiger partial charge in [-0.2, -0.15) is 0 Å². The van der Waals surface area contributed by atoms with E-state index in [2.05, 4.69) is 81.2 Å². The number of nitrogens with one attached hydrogen (secondary N) is 1. The van der Waals surface area contributed by atoms with Gasteiger partial charge in [-0.05, 0) is 29.4 Å². The third-order valence-electron chi connectivity index (χ3n) is 5.78. The van der Waals surface area contributed by atoms with Gasteiger partial charge in [-0.15, -0.1) is 11.8 Å². The molecule has 0 aromatic rings. The minimum absolute atomic E-state index is 0.256. The van der Waals surface area contributed by atoms with Gasteiger partial charge in [0.15, 0.2) is 0 Å². The maximum atomic E-state index is 3.85. The molecule has 5 atom stereocenters. The second-order valence-electron chi connectivity index (χ2n) is 8.18. The summed E-state index contributed by atoms with van der Waals surface area (Å²) < 4.78 is 0. The van der Waals surface area contributed by atoms with Crippen molar-refractivity contribution >= 4 is 11.8 Å². The lowest BCUT2D eigenvalue weighted by Gasteiger charge is -2.33. The maximum absolute atomic E-state index is 3.85. The molecule has 5 unspecified atom stereocenters. The molecule has 0 bridgehead atoms. The minimum atomic E-state index is 0.256. The Bertz CT molecular complexity index is 589. The average molecular weight is 299 g/mol. The van der Waals surface area contributed by atoms with Crippen molar-refractivity contribution in [3.63, 3.8) is 0 Å². The molecule has 0 aromatic heterocycles. The molecule has 4 aliphatic rings. The molecule has 0 spiro atoms. The summed E-state index contributed by atoms with van der Waals surface area (Å²) in [6.45, 7) is 9.51. The van der Waals surface area contributed by atoms with E-state index in [-0.39, 0.29) is 5.41 Å². The summed E-state index contributed by atoms with van der Waals surface area (Å²) >= 11 is 2.17. The van der Waals surface area contributed by atoms with Crippen molar-refractivity contribution in [2.24, 2.45) is 16.7 Å². The predicted molar refractivity (Wildman–Crippen MR) is 92.2 cm³/mol. The first-order chi connectivity index (χ1) is 9.89. The fraction of sp³-hybridized carbons (Fsp3) is 0.579. The molecule has 21 heavy (non-hydrogen) atoms. The number of thioether (sulfide) groups is 1. The summed E-state index contributed by atoms with van der Waals surface area (Å²) in [5, 5.41) is 5.13. The van der Waals surface area contributed by atoms with Gasteiger partial charge < -0.3 is 5.32 Å². The molecule has 2 aliphatic carbocycles. The van der Waals surface area contributed by atoms with E-state index in [1.165, 1.54) is 12.1 Å². The van der Waals surface area contributed by atoms with Crippen LogP contribution in [-0.4, -0.2) is 16.5 Å². The van der Waals surface area contributed by atoms with Crippen LogP contribution >= 0.6 is 11.8 Å². The zero-order valence-corrected chi connectivity index (χ0v) is 14.2. The van der Waals surface area contributed by atoms with Crippen molar-refractivity contribution in [2.45, 2.75) is 50.7 Å². The summed E-state index contributed by atoms with van der Waals surface area (Å²) in [5.41, 5.74) is 3.70. The first kappa shape index (κ1) is 13.8. The maximum Gasteiger partial charge on any atom is 0.0520 e. The second-order valence-corrected chi connectivity index (χ2v) is 9.47. The number of rotatable bonds is 0. The Labute approximate surface area is 132 Å². The number of hydrogen-bond donors (Lipinski definition) is 1. The molecular formula is C19H25NS. The number of hydrogen-bond acceptors (Lipinski definition) is 2. The zero-order chi connectivity index (χ0) is 14.8. The van der Waals surface area contributed by atoms with Crippen molar-refractivity contribution in [3.05, 3.63) is 47.7 Å². The molecule has 0 saturated carbocycles. The lowest BCUT2D eigenvalue weighted by molar-refractivity contribution is 0.287. The summed E-state index contributed by atoms with van der Waals surface area (Å²) in [6, 6.07) is 0.557. The molecule has 2 heteroatoms. The van der Waals surface area contributed by atoms with Crippen molar-refractivity contribution in [2.75, 3.05) is 0 Å². The lowest BCUT2D eigenvalue weighted by Crippen LogP contribution is -2.43. The van der Waals surface area contributed by atoms with E-state index in [0.717, 1.165) is 0 Å². The first-order valence-electron chi connectivity index (χ1n) is 8.09. The van der Waals surface area contributed by atoms with E-state index >= 15 is 0 Å². The van der Waals surface area contributed by atoms with E-state index in [9.17, 15) is 0 Å². The molecule has 1 fully saturated rings. The van der Waals surface area contributed by atoms with Crippen molar-refractivity contribution in [1.29, 1.82) is 0 Å². The topological polar surface area (TPSA) is 12.0 Å². The first-order valence-corrected chi connectivity index (χ1v) is 9.03. The quantitative estimate of drug-likeness (QED) is 0.709. The van der Waals surface area contributed by atoms with Crippen LogP contribution in [0.5, 0.6) is 0 Å². The van der Waals surface area contributed by atoms with Crippen LogP contribution in [0.3, 0.4) is 0 Å². The Kier molecular flexibility index (Phi) is 2.83. The summed E-state index contributed by atoms with van der Waals surface area (Å²) in [7, 11) is 0. The van der Waals surface area contributed by atoms with Gasteiger partial charge in [0.25, 0.3) is 0 Å². The summed E-state index contributed by atoms with van der Waals surface area (Å²) in [6.07, 6.45) is 15.3. The standard InChI is InChI=1S/C19H25NS/c1-18(2,3)12-8-9-14-13(11-12)16-17(20-14)19(4)10-6-5-7-15(19)21-16/h5-10,12,15-17,20H,11H2,1-4H3. The smallest absolute Gasteiger partial charge is 0.0520 e.